The number of aryl methyl sites for hydroxylation is 1. The molecule has 0 saturated heterocycles. The predicted octanol–water partition coefficient (Wildman–Crippen LogP) is 2.34. The summed E-state index contributed by atoms with van der Waals surface area (Å²) < 4.78 is 29.2. The van der Waals surface area contributed by atoms with Crippen molar-refractivity contribution in [1.82, 2.24) is 4.83 Å². The van der Waals surface area contributed by atoms with Crippen LogP contribution in [-0.2, 0) is 10.0 Å². The van der Waals surface area contributed by atoms with Crippen LogP contribution in [-0.4, -0.2) is 21.2 Å². The van der Waals surface area contributed by atoms with E-state index < -0.39 is 10.0 Å². The van der Waals surface area contributed by atoms with Crippen molar-refractivity contribution in [3.05, 3.63) is 60.2 Å². The molecule has 0 fully saturated rings. The number of rotatable bonds is 6. The molecule has 1 N–H and O–H groups in total. The van der Waals surface area contributed by atoms with Gasteiger partial charge in [0.25, 0.3) is 10.0 Å². The summed E-state index contributed by atoms with van der Waals surface area (Å²) in [6.07, 6.45) is 1.36. The third-order valence-electron chi connectivity index (χ3n) is 2.66. The van der Waals surface area contributed by atoms with Crippen molar-refractivity contribution in [2.24, 2.45) is 5.10 Å². The van der Waals surface area contributed by atoms with Crippen LogP contribution in [0.25, 0.3) is 0 Å². The van der Waals surface area contributed by atoms with Gasteiger partial charge in [0, 0.05) is 0 Å². The topological polar surface area (TPSA) is 67.8 Å². The van der Waals surface area contributed by atoms with Crippen molar-refractivity contribution in [3.63, 3.8) is 0 Å². The summed E-state index contributed by atoms with van der Waals surface area (Å²) in [5.41, 5.74) is 0.994. The van der Waals surface area contributed by atoms with Crippen molar-refractivity contribution in [3.8, 4) is 5.75 Å². The van der Waals surface area contributed by atoms with E-state index in [0.29, 0.717) is 5.75 Å². The third kappa shape index (κ3) is 4.61. The first kappa shape index (κ1) is 15.1. The molecule has 0 unspecified atom stereocenters. The van der Waals surface area contributed by atoms with Gasteiger partial charge in [-0.05, 0) is 31.2 Å². The van der Waals surface area contributed by atoms with Crippen molar-refractivity contribution >= 4 is 16.2 Å². The Morgan fingerprint density at radius 2 is 1.76 bits per heavy atom. The first-order chi connectivity index (χ1) is 10.1. The summed E-state index contributed by atoms with van der Waals surface area (Å²) in [4.78, 5) is 2.32. The highest BCUT2D eigenvalue weighted by atomic mass is 32.2. The Balaban J connectivity index is 1.87. The number of para-hydroxylation sites is 1. The zero-order valence-electron chi connectivity index (χ0n) is 11.6. The lowest BCUT2D eigenvalue weighted by atomic mass is 10.2. The first-order valence-electron chi connectivity index (χ1n) is 6.36. The second-order valence-corrected chi connectivity index (χ2v) is 6.00. The van der Waals surface area contributed by atoms with Gasteiger partial charge in [-0.25, -0.2) is 4.83 Å². The fourth-order valence-electron chi connectivity index (χ4n) is 1.56. The smallest absolute Gasteiger partial charge is 0.276 e. The molecule has 2 rings (SSSR count). The van der Waals surface area contributed by atoms with Gasteiger partial charge in [0.2, 0.25) is 0 Å². The molecule has 5 nitrogen and oxygen atoms in total. The molecule has 0 aliphatic carbocycles. The van der Waals surface area contributed by atoms with E-state index in [2.05, 4.69) is 9.93 Å². The molecule has 0 atom stereocenters. The summed E-state index contributed by atoms with van der Waals surface area (Å²) >= 11 is 0. The minimum atomic E-state index is -3.63. The number of hydrogen-bond acceptors (Lipinski definition) is 4. The molecule has 0 radical (unpaired) electrons. The highest BCUT2D eigenvalue weighted by molar-refractivity contribution is 7.89. The van der Waals surface area contributed by atoms with E-state index in [4.69, 9.17) is 4.74 Å². The molecule has 0 aromatic heterocycles. The maximum absolute atomic E-state index is 11.9. The molecular formula is C15H16N2O3S. The van der Waals surface area contributed by atoms with Gasteiger partial charge < -0.3 is 4.74 Å². The van der Waals surface area contributed by atoms with E-state index in [1.54, 1.807) is 12.1 Å². The second-order valence-electron chi connectivity index (χ2n) is 4.34. The number of nitrogens with zero attached hydrogens (tertiary/aromatic N) is 1. The Morgan fingerprint density at radius 1 is 1.10 bits per heavy atom. The Kier molecular flexibility index (Phi) is 4.94. The van der Waals surface area contributed by atoms with Crippen LogP contribution >= 0.6 is 0 Å². The van der Waals surface area contributed by atoms with Gasteiger partial charge in [-0.1, -0.05) is 35.9 Å². The molecule has 110 valence electrons. The number of nitrogens with one attached hydrogen (secondary N) is 1. The Hall–Kier alpha value is -2.34. The van der Waals surface area contributed by atoms with Crippen molar-refractivity contribution in [2.75, 3.05) is 6.61 Å². The van der Waals surface area contributed by atoms with Gasteiger partial charge in [0.1, 0.15) is 12.4 Å². The van der Waals surface area contributed by atoms with Crippen LogP contribution in [0.1, 0.15) is 5.56 Å². The van der Waals surface area contributed by atoms with E-state index in [0.717, 1.165) is 5.56 Å². The van der Waals surface area contributed by atoms with Crippen LogP contribution in [0.4, 0.5) is 0 Å². The summed E-state index contributed by atoms with van der Waals surface area (Å²) in [5.74, 6) is 0.699. The molecule has 6 heteroatoms. The number of hydrogen-bond donors (Lipinski definition) is 1. The highest BCUT2D eigenvalue weighted by Crippen LogP contribution is 2.09. The molecule has 0 aliphatic rings. The van der Waals surface area contributed by atoms with E-state index in [9.17, 15) is 8.42 Å². The molecule has 21 heavy (non-hydrogen) atoms. The zero-order valence-corrected chi connectivity index (χ0v) is 12.4. The predicted molar refractivity (Wildman–Crippen MR) is 81.9 cm³/mol. The first-order valence-corrected chi connectivity index (χ1v) is 7.84. The highest BCUT2D eigenvalue weighted by Gasteiger charge is 2.11. The maximum atomic E-state index is 11.9. The Labute approximate surface area is 124 Å². The quantitative estimate of drug-likeness (QED) is 0.658. The Bertz CT molecular complexity index is 695. The summed E-state index contributed by atoms with van der Waals surface area (Å²) in [6, 6.07) is 15.7. The molecule has 0 bridgehead atoms. The van der Waals surface area contributed by atoms with Gasteiger partial charge in [-0.15, -0.1) is 0 Å². The number of benzene rings is 2. The molecule has 0 amide bonds. The average Bonchev–Trinajstić information content (AvgIpc) is 2.48. The standard InChI is InChI=1S/C15H16N2O3S/c1-13-7-9-15(10-8-13)21(18,19)17-16-11-12-20-14-5-3-2-4-6-14/h2-11,17H,12H2,1H3/b16-11+. The van der Waals surface area contributed by atoms with Crippen LogP contribution in [0, 0.1) is 6.92 Å². The van der Waals surface area contributed by atoms with Crippen molar-refractivity contribution < 1.29 is 13.2 Å². The lowest BCUT2D eigenvalue weighted by molar-refractivity contribution is 0.380. The third-order valence-corrected chi connectivity index (χ3v) is 3.90. The van der Waals surface area contributed by atoms with Crippen LogP contribution in [0.3, 0.4) is 0 Å². The van der Waals surface area contributed by atoms with Gasteiger partial charge in [-0.2, -0.15) is 13.5 Å². The SMILES string of the molecule is Cc1ccc(S(=O)(=O)N/N=C/COc2ccccc2)cc1. The summed E-state index contributed by atoms with van der Waals surface area (Å²) in [5, 5.41) is 3.67. The Morgan fingerprint density at radius 3 is 2.43 bits per heavy atom. The van der Waals surface area contributed by atoms with Crippen molar-refractivity contribution in [2.45, 2.75) is 11.8 Å². The average molecular weight is 304 g/mol. The van der Waals surface area contributed by atoms with E-state index in [1.165, 1.54) is 18.3 Å². The molecule has 2 aromatic rings. The molecule has 0 spiro atoms. The maximum Gasteiger partial charge on any atom is 0.276 e. The van der Waals surface area contributed by atoms with Gasteiger partial charge in [0.05, 0.1) is 11.1 Å². The van der Waals surface area contributed by atoms with Gasteiger partial charge in [0.15, 0.2) is 0 Å². The van der Waals surface area contributed by atoms with Crippen LogP contribution in [0.15, 0.2) is 64.6 Å². The monoisotopic (exact) mass is 304 g/mol. The zero-order chi connectivity index (χ0) is 15.1. The van der Waals surface area contributed by atoms with Crippen LogP contribution < -0.4 is 9.57 Å². The lowest BCUT2D eigenvalue weighted by Crippen LogP contribution is -2.18. The number of sulfonamides is 1. The lowest BCUT2D eigenvalue weighted by Gasteiger charge is -2.04. The van der Waals surface area contributed by atoms with Gasteiger partial charge >= 0.3 is 0 Å². The van der Waals surface area contributed by atoms with Crippen molar-refractivity contribution in [1.29, 1.82) is 0 Å². The number of hydrazone groups is 1. The van der Waals surface area contributed by atoms with Crippen LogP contribution in [0.5, 0.6) is 5.75 Å². The largest absolute Gasteiger partial charge is 0.488 e. The van der Waals surface area contributed by atoms with Crippen LogP contribution in [0.2, 0.25) is 0 Å². The minimum Gasteiger partial charge on any atom is -0.488 e. The van der Waals surface area contributed by atoms with Gasteiger partial charge in [-0.3, -0.25) is 0 Å². The molecule has 2 aromatic carbocycles. The normalized spacial score (nSPS) is 11.5. The molecule has 0 saturated carbocycles. The fourth-order valence-corrected chi connectivity index (χ4v) is 2.38. The molecule has 0 aliphatic heterocycles. The van der Waals surface area contributed by atoms with E-state index in [-0.39, 0.29) is 11.5 Å². The van der Waals surface area contributed by atoms with E-state index >= 15 is 0 Å². The summed E-state index contributed by atoms with van der Waals surface area (Å²) in [7, 11) is -3.63. The fraction of sp³-hybridized carbons (Fsp3) is 0.133. The minimum absolute atomic E-state index is 0.175. The molecule has 0 heterocycles. The summed E-state index contributed by atoms with van der Waals surface area (Å²) in [6.45, 7) is 2.07. The number of ether oxygens (including phenoxy) is 1. The molecular weight excluding hydrogens is 288 g/mol. The van der Waals surface area contributed by atoms with E-state index in [1.807, 2.05) is 37.3 Å². The second kappa shape index (κ2) is 6.90.